The average molecular weight is 356 g/mol. The van der Waals surface area contributed by atoms with Crippen LogP contribution >= 0.6 is 11.3 Å². The zero-order valence-corrected chi connectivity index (χ0v) is 15.3. The van der Waals surface area contributed by atoms with Crippen molar-refractivity contribution in [2.24, 2.45) is 0 Å². The van der Waals surface area contributed by atoms with Gasteiger partial charge in [-0.2, -0.15) is 0 Å². The van der Waals surface area contributed by atoms with Crippen molar-refractivity contribution >= 4 is 17.2 Å². The number of fused-ring (bicyclic) bond motifs is 1. The Bertz CT molecular complexity index is 723. The van der Waals surface area contributed by atoms with E-state index in [0.717, 1.165) is 42.7 Å². The zero-order chi connectivity index (χ0) is 17.1. The van der Waals surface area contributed by atoms with E-state index in [-0.39, 0.29) is 12.0 Å². The number of aryl methyl sites for hydroxylation is 1. The summed E-state index contributed by atoms with van der Waals surface area (Å²) in [6.45, 7) is 2.11. The van der Waals surface area contributed by atoms with Gasteiger partial charge in [-0.3, -0.25) is 9.78 Å². The van der Waals surface area contributed by atoms with Gasteiger partial charge in [-0.05, 0) is 72.7 Å². The van der Waals surface area contributed by atoms with Crippen LogP contribution in [0.2, 0.25) is 0 Å². The highest BCUT2D eigenvalue weighted by atomic mass is 32.1. The van der Waals surface area contributed by atoms with E-state index < -0.39 is 0 Å². The molecule has 1 fully saturated rings. The number of pyridine rings is 1. The van der Waals surface area contributed by atoms with E-state index in [1.54, 1.807) is 23.7 Å². The van der Waals surface area contributed by atoms with Crippen molar-refractivity contribution in [1.29, 1.82) is 0 Å². The molecule has 2 aromatic heterocycles. The van der Waals surface area contributed by atoms with Gasteiger partial charge < -0.3 is 9.64 Å². The van der Waals surface area contributed by atoms with Crippen molar-refractivity contribution in [3.8, 4) is 0 Å². The lowest BCUT2D eigenvalue weighted by atomic mass is 9.93. The molecule has 1 atom stereocenters. The maximum absolute atomic E-state index is 13.3. The molecule has 0 bridgehead atoms. The number of rotatable bonds is 5. The molecule has 0 saturated carbocycles. The Labute approximate surface area is 152 Å². The minimum atomic E-state index is 0.167. The molecular formula is C20H24N2O2S. The summed E-state index contributed by atoms with van der Waals surface area (Å²) in [7, 11) is 0. The second-order valence-corrected chi connectivity index (χ2v) is 7.83. The summed E-state index contributed by atoms with van der Waals surface area (Å²) in [6.07, 6.45) is 10.5. The third-order valence-corrected chi connectivity index (χ3v) is 6.21. The summed E-state index contributed by atoms with van der Waals surface area (Å²) in [5, 5.41) is 2.19. The van der Waals surface area contributed by atoms with Crippen LogP contribution in [0.5, 0.6) is 0 Å². The Hall–Kier alpha value is -1.72. The van der Waals surface area contributed by atoms with Gasteiger partial charge in [0.2, 0.25) is 0 Å². The highest BCUT2D eigenvalue weighted by molar-refractivity contribution is 7.12. The molecule has 3 heterocycles. The zero-order valence-electron chi connectivity index (χ0n) is 14.4. The number of thiophene rings is 1. The second-order valence-electron chi connectivity index (χ2n) is 6.95. The first-order chi connectivity index (χ1) is 12.3. The summed E-state index contributed by atoms with van der Waals surface area (Å²) >= 11 is 1.63. The highest BCUT2D eigenvalue weighted by Crippen LogP contribution is 2.31. The van der Waals surface area contributed by atoms with E-state index in [0.29, 0.717) is 13.1 Å². The molecule has 0 aromatic carbocycles. The van der Waals surface area contributed by atoms with E-state index >= 15 is 0 Å². The van der Waals surface area contributed by atoms with Gasteiger partial charge >= 0.3 is 0 Å². The number of hydrogen-bond acceptors (Lipinski definition) is 4. The van der Waals surface area contributed by atoms with Crippen LogP contribution in [0.1, 0.15) is 52.0 Å². The highest BCUT2D eigenvalue weighted by Gasteiger charge is 2.27. The van der Waals surface area contributed by atoms with Crippen LogP contribution in [0.25, 0.3) is 0 Å². The van der Waals surface area contributed by atoms with Gasteiger partial charge in [0, 0.05) is 32.1 Å². The van der Waals surface area contributed by atoms with Crippen molar-refractivity contribution in [3.63, 3.8) is 0 Å². The van der Waals surface area contributed by atoms with Crippen LogP contribution in [0.4, 0.5) is 0 Å². The molecule has 5 heteroatoms. The molecular weight excluding hydrogens is 332 g/mol. The first-order valence-corrected chi connectivity index (χ1v) is 10.1. The SMILES string of the molecule is O=C(c1scc2c1CCCC2)N(Cc1ccncc1)C[C@@H]1CCCO1. The lowest BCUT2D eigenvalue weighted by molar-refractivity contribution is 0.0510. The third-order valence-electron chi connectivity index (χ3n) is 5.16. The smallest absolute Gasteiger partial charge is 0.264 e. The fourth-order valence-electron chi connectivity index (χ4n) is 3.80. The minimum Gasteiger partial charge on any atom is -0.376 e. The molecule has 0 N–H and O–H groups in total. The van der Waals surface area contributed by atoms with Crippen LogP contribution in [0.15, 0.2) is 29.9 Å². The van der Waals surface area contributed by atoms with E-state index in [9.17, 15) is 4.79 Å². The van der Waals surface area contributed by atoms with Crippen molar-refractivity contribution in [3.05, 3.63) is 51.5 Å². The Morgan fingerprint density at radius 2 is 2.08 bits per heavy atom. The largest absolute Gasteiger partial charge is 0.376 e. The number of carbonyl (C=O) groups excluding carboxylic acids is 1. The number of ether oxygens (including phenoxy) is 1. The number of amides is 1. The molecule has 25 heavy (non-hydrogen) atoms. The molecule has 1 aliphatic carbocycles. The number of hydrogen-bond donors (Lipinski definition) is 0. The summed E-state index contributed by atoms with van der Waals surface area (Å²) in [5.41, 5.74) is 3.81. The van der Waals surface area contributed by atoms with Gasteiger partial charge in [-0.1, -0.05) is 0 Å². The molecule has 1 aliphatic heterocycles. The van der Waals surface area contributed by atoms with Gasteiger partial charge in [-0.25, -0.2) is 0 Å². The molecule has 4 rings (SSSR count). The first kappa shape index (κ1) is 16.7. The van der Waals surface area contributed by atoms with Gasteiger partial charge in [-0.15, -0.1) is 11.3 Å². The van der Waals surface area contributed by atoms with E-state index in [4.69, 9.17) is 4.74 Å². The Balaban J connectivity index is 1.57. The summed E-state index contributed by atoms with van der Waals surface area (Å²) in [6, 6.07) is 3.97. The van der Waals surface area contributed by atoms with Gasteiger partial charge in [0.1, 0.15) is 0 Å². The number of carbonyl (C=O) groups is 1. The second kappa shape index (κ2) is 7.67. The molecule has 0 radical (unpaired) electrons. The summed E-state index contributed by atoms with van der Waals surface area (Å²) < 4.78 is 5.80. The topological polar surface area (TPSA) is 42.4 Å². The molecule has 132 valence electrons. The molecule has 0 unspecified atom stereocenters. The Morgan fingerprint density at radius 1 is 1.24 bits per heavy atom. The van der Waals surface area contributed by atoms with Crippen molar-refractivity contribution in [1.82, 2.24) is 9.88 Å². The van der Waals surface area contributed by atoms with Crippen molar-refractivity contribution in [2.75, 3.05) is 13.2 Å². The van der Waals surface area contributed by atoms with Crippen LogP contribution in [-0.4, -0.2) is 35.0 Å². The maximum Gasteiger partial charge on any atom is 0.264 e. The van der Waals surface area contributed by atoms with E-state index in [2.05, 4.69) is 10.4 Å². The van der Waals surface area contributed by atoms with Crippen LogP contribution in [0.3, 0.4) is 0 Å². The van der Waals surface area contributed by atoms with Crippen molar-refractivity contribution in [2.45, 2.75) is 51.2 Å². The molecule has 2 aromatic rings. The van der Waals surface area contributed by atoms with E-state index in [1.807, 2.05) is 17.0 Å². The molecule has 0 spiro atoms. The molecule has 4 nitrogen and oxygen atoms in total. The van der Waals surface area contributed by atoms with Gasteiger partial charge in [0.05, 0.1) is 11.0 Å². The first-order valence-electron chi connectivity index (χ1n) is 9.20. The number of aromatic nitrogens is 1. The standard InChI is InChI=1S/C20H24N2O2S/c23-20(19-18-6-2-1-4-16(18)14-25-19)22(13-17-5-3-11-24-17)12-15-7-9-21-10-8-15/h7-10,14,17H,1-6,11-13H2/t17-/m0/s1. The van der Waals surface area contributed by atoms with Crippen molar-refractivity contribution < 1.29 is 9.53 Å². The normalized spacial score (nSPS) is 19.6. The predicted molar refractivity (Wildman–Crippen MR) is 98.9 cm³/mol. The maximum atomic E-state index is 13.3. The summed E-state index contributed by atoms with van der Waals surface area (Å²) in [4.78, 5) is 20.3. The fourth-order valence-corrected chi connectivity index (χ4v) is 4.93. The number of nitrogens with zero attached hydrogens (tertiary/aromatic N) is 2. The Morgan fingerprint density at radius 3 is 2.88 bits per heavy atom. The predicted octanol–water partition coefficient (Wildman–Crippen LogP) is 3.84. The van der Waals surface area contributed by atoms with Crippen LogP contribution in [0, 0.1) is 0 Å². The lowest BCUT2D eigenvalue weighted by Crippen LogP contribution is -2.37. The third kappa shape index (κ3) is 3.77. The minimum absolute atomic E-state index is 0.167. The van der Waals surface area contributed by atoms with Gasteiger partial charge in [0.25, 0.3) is 5.91 Å². The van der Waals surface area contributed by atoms with Crippen LogP contribution in [-0.2, 0) is 24.1 Å². The monoisotopic (exact) mass is 356 g/mol. The van der Waals surface area contributed by atoms with Gasteiger partial charge in [0.15, 0.2) is 0 Å². The fraction of sp³-hybridized carbons (Fsp3) is 0.500. The summed E-state index contributed by atoms with van der Waals surface area (Å²) in [5.74, 6) is 0.167. The average Bonchev–Trinajstić information content (AvgIpc) is 3.31. The molecule has 1 saturated heterocycles. The van der Waals surface area contributed by atoms with Crippen LogP contribution < -0.4 is 0 Å². The Kier molecular flexibility index (Phi) is 5.13. The molecule has 1 amide bonds. The quantitative estimate of drug-likeness (QED) is 0.817. The van der Waals surface area contributed by atoms with E-state index in [1.165, 1.54) is 24.0 Å². The lowest BCUT2D eigenvalue weighted by Gasteiger charge is -2.26. The molecule has 2 aliphatic rings.